The SMILES string of the molecule is CC[C@@H](CC[C@H](C)n1c(=O)c(Cc2ccc(-c3ccccc3-c3noc(=O)[nH]3)cc2)c(C)n2ncnc12)OCC(C)(O)CC. The summed E-state index contributed by atoms with van der Waals surface area (Å²) >= 11 is 0. The average Bonchev–Trinajstić information content (AvgIpc) is 3.69. The predicted molar refractivity (Wildman–Crippen MR) is 168 cm³/mol. The van der Waals surface area contributed by atoms with E-state index in [0.29, 0.717) is 36.4 Å². The highest BCUT2D eigenvalue weighted by Gasteiger charge is 2.23. The first kappa shape index (κ1) is 31.1. The van der Waals surface area contributed by atoms with Gasteiger partial charge in [-0.1, -0.05) is 67.5 Å². The number of aromatic nitrogens is 6. The van der Waals surface area contributed by atoms with E-state index in [9.17, 15) is 14.7 Å². The topological polar surface area (TPSA) is 141 Å². The molecule has 2 aromatic carbocycles. The number of rotatable bonds is 13. The lowest BCUT2D eigenvalue weighted by molar-refractivity contribution is -0.0683. The molecule has 3 aromatic heterocycles. The molecule has 0 amide bonds. The van der Waals surface area contributed by atoms with Gasteiger partial charge in [0.1, 0.15) is 6.33 Å². The second kappa shape index (κ2) is 13.1. The fraction of sp³-hybridized carbons (Fsp3) is 0.424. The first-order valence-electron chi connectivity index (χ1n) is 15.1. The third kappa shape index (κ3) is 6.58. The maximum Gasteiger partial charge on any atom is 0.439 e. The van der Waals surface area contributed by atoms with Gasteiger partial charge in [-0.2, -0.15) is 10.1 Å². The first-order valence-corrected chi connectivity index (χ1v) is 15.1. The van der Waals surface area contributed by atoms with E-state index in [0.717, 1.165) is 40.8 Å². The van der Waals surface area contributed by atoms with Crippen LogP contribution in [0.2, 0.25) is 0 Å². The molecule has 0 saturated carbocycles. The fourth-order valence-electron chi connectivity index (χ4n) is 5.41. The second-order valence-corrected chi connectivity index (χ2v) is 11.7. The van der Waals surface area contributed by atoms with E-state index in [2.05, 4.69) is 27.1 Å². The predicted octanol–water partition coefficient (Wildman–Crippen LogP) is 5.10. The Kier molecular flexibility index (Phi) is 9.26. The standard InChI is InChI=1S/C33H40N6O5/c1-6-25(43-19-33(5,42)7-2)17-12-21(3)38-30(40)28(22(4)39-31(38)34-20-35-39)18-23-13-15-24(16-14-23)26-10-8-9-11-27(26)29-36-32(41)44-37-29/h8-11,13-16,20-21,25,42H,6-7,12,17-19H2,1-5H3,(H,36,37,41)/t21-,25-,33?/m0/s1. The van der Waals surface area contributed by atoms with E-state index in [1.54, 1.807) is 16.0 Å². The number of H-pyrrole nitrogens is 1. The zero-order valence-electron chi connectivity index (χ0n) is 25.9. The monoisotopic (exact) mass is 600 g/mol. The van der Waals surface area contributed by atoms with Crippen LogP contribution in [0.1, 0.15) is 76.2 Å². The fourth-order valence-corrected chi connectivity index (χ4v) is 5.41. The summed E-state index contributed by atoms with van der Waals surface area (Å²) in [6.45, 7) is 10.0. The van der Waals surface area contributed by atoms with Crippen LogP contribution in [-0.2, 0) is 11.2 Å². The molecule has 11 nitrogen and oxygen atoms in total. The molecule has 5 rings (SSSR count). The minimum atomic E-state index is -0.853. The summed E-state index contributed by atoms with van der Waals surface area (Å²) in [5.74, 6) is 0.278. The van der Waals surface area contributed by atoms with Gasteiger partial charge in [0.25, 0.3) is 5.56 Å². The molecule has 0 fully saturated rings. The molecule has 0 aliphatic carbocycles. The van der Waals surface area contributed by atoms with Gasteiger partial charge in [0.15, 0.2) is 5.82 Å². The molecule has 1 unspecified atom stereocenters. The minimum absolute atomic E-state index is 0.0156. The van der Waals surface area contributed by atoms with Gasteiger partial charge < -0.3 is 9.84 Å². The molecule has 11 heteroatoms. The van der Waals surface area contributed by atoms with Crippen molar-refractivity contribution in [3.05, 3.63) is 92.6 Å². The quantitative estimate of drug-likeness (QED) is 0.190. The Morgan fingerprint density at radius 2 is 1.80 bits per heavy atom. The number of benzene rings is 2. The molecule has 0 aliphatic heterocycles. The van der Waals surface area contributed by atoms with Gasteiger partial charge in [-0.3, -0.25) is 18.9 Å². The third-order valence-electron chi connectivity index (χ3n) is 8.44. The van der Waals surface area contributed by atoms with Crippen molar-refractivity contribution in [2.24, 2.45) is 0 Å². The van der Waals surface area contributed by atoms with E-state index in [-0.39, 0.29) is 24.3 Å². The Balaban J connectivity index is 1.39. The molecular weight excluding hydrogens is 560 g/mol. The number of nitrogens with one attached hydrogen (secondary N) is 1. The summed E-state index contributed by atoms with van der Waals surface area (Å²) in [7, 11) is 0. The number of hydrogen-bond donors (Lipinski definition) is 2. The number of hydrogen-bond acceptors (Lipinski definition) is 8. The van der Waals surface area contributed by atoms with Crippen molar-refractivity contribution in [3.8, 4) is 22.5 Å². The summed E-state index contributed by atoms with van der Waals surface area (Å²) < 4.78 is 14.2. The molecule has 5 aromatic rings. The maximum atomic E-state index is 14.0. The molecule has 0 aliphatic rings. The molecule has 0 bridgehead atoms. The molecule has 0 radical (unpaired) electrons. The summed E-state index contributed by atoms with van der Waals surface area (Å²) in [5.41, 5.74) is 4.04. The summed E-state index contributed by atoms with van der Waals surface area (Å²) in [6.07, 6.45) is 4.79. The minimum Gasteiger partial charge on any atom is -0.388 e. The highest BCUT2D eigenvalue weighted by Crippen LogP contribution is 2.30. The Hall–Kier alpha value is -4.35. The smallest absolute Gasteiger partial charge is 0.388 e. The van der Waals surface area contributed by atoms with Crippen LogP contribution in [0.15, 0.2) is 69.0 Å². The lowest BCUT2D eigenvalue weighted by atomic mass is 9.96. The van der Waals surface area contributed by atoms with E-state index in [4.69, 9.17) is 9.26 Å². The Morgan fingerprint density at radius 3 is 2.45 bits per heavy atom. The third-order valence-corrected chi connectivity index (χ3v) is 8.44. The van der Waals surface area contributed by atoms with E-state index in [1.165, 1.54) is 6.33 Å². The van der Waals surface area contributed by atoms with Crippen LogP contribution in [0, 0.1) is 6.92 Å². The molecule has 44 heavy (non-hydrogen) atoms. The summed E-state index contributed by atoms with van der Waals surface area (Å²) in [5, 5.41) is 18.6. The van der Waals surface area contributed by atoms with Gasteiger partial charge >= 0.3 is 5.76 Å². The maximum absolute atomic E-state index is 14.0. The van der Waals surface area contributed by atoms with Crippen LogP contribution < -0.4 is 11.3 Å². The molecular formula is C33H40N6O5. The van der Waals surface area contributed by atoms with E-state index >= 15 is 0 Å². The van der Waals surface area contributed by atoms with Crippen LogP contribution >= 0.6 is 0 Å². The number of aryl methyl sites for hydroxylation is 1. The van der Waals surface area contributed by atoms with Gasteiger partial charge in [0, 0.05) is 23.6 Å². The highest BCUT2D eigenvalue weighted by atomic mass is 16.5. The van der Waals surface area contributed by atoms with Crippen LogP contribution in [0.3, 0.4) is 0 Å². The van der Waals surface area contributed by atoms with Gasteiger partial charge in [-0.25, -0.2) is 9.31 Å². The van der Waals surface area contributed by atoms with Crippen molar-refractivity contribution < 1.29 is 14.4 Å². The van der Waals surface area contributed by atoms with Crippen LogP contribution in [-0.4, -0.2) is 52.7 Å². The largest absolute Gasteiger partial charge is 0.439 e. The Labute approximate surface area is 255 Å². The summed E-state index contributed by atoms with van der Waals surface area (Å²) in [4.78, 5) is 32.6. The van der Waals surface area contributed by atoms with Crippen LogP contribution in [0.4, 0.5) is 0 Å². The van der Waals surface area contributed by atoms with Crippen LogP contribution in [0.25, 0.3) is 28.3 Å². The van der Waals surface area contributed by atoms with E-state index < -0.39 is 11.4 Å². The van der Waals surface area contributed by atoms with Gasteiger partial charge in [0.2, 0.25) is 5.78 Å². The number of nitrogens with zero attached hydrogens (tertiary/aromatic N) is 5. The zero-order valence-corrected chi connectivity index (χ0v) is 25.9. The van der Waals surface area contributed by atoms with E-state index in [1.807, 2.05) is 69.3 Å². The van der Waals surface area contributed by atoms with Crippen molar-refractivity contribution in [2.75, 3.05) is 6.61 Å². The van der Waals surface area contributed by atoms with Crippen molar-refractivity contribution >= 4 is 5.78 Å². The zero-order chi connectivity index (χ0) is 31.4. The van der Waals surface area contributed by atoms with Crippen molar-refractivity contribution in [3.63, 3.8) is 0 Å². The Morgan fingerprint density at radius 1 is 1.07 bits per heavy atom. The first-order chi connectivity index (χ1) is 21.1. The Bertz CT molecular complexity index is 1830. The van der Waals surface area contributed by atoms with Crippen molar-refractivity contribution in [2.45, 2.75) is 84.5 Å². The molecule has 0 spiro atoms. The average molecular weight is 601 g/mol. The molecule has 3 atom stereocenters. The number of fused-ring (bicyclic) bond motifs is 1. The molecule has 0 saturated heterocycles. The second-order valence-electron chi connectivity index (χ2n) is 11.7. The highest BCUT2D eigenvalue weighted by molar-refractivity contribution is 5.80. The van der Waals surface area contributed by atoms with Crippen molar-refractivity contribution in [1.82, 2.24) is 29.3 Å². The van der Waals surface area contributed by atoms with Gasteiger partial charge in [0.05, 0.1) is 24.0 Å². The van der Waals surface area contributed by atoms with Gasteiger partial charge in [-0.05, 0) is 63.1 Å². The lowest BCUT2D eigenvalue weighted by Gasteiger charge is -2.26. The lowest BCUT2D eigenvalue weighted by Crippen LogP contribution is -2.33. The number of aliphatic hydroxyl groups is 1. The summed E-state index contributed by atoms with van der Waals surface area (Å²) in [6, 6.07) is 15.5. The van der Waals surface area contributed by atoms with Gasteiger partial charge in [-0.15, -0.1) is 0 Å². The molecule has 3 heterocycles. The van der Waals surface area contributed by atoms with Crippen molar-refractivity contribution in [1.29, 1.82) is 0 Å². The number of aromatic amines is 1. The number of ether oxygens (including phenoxy) is 1. The molecule has 232 valence electrons. The normalized spacial score (nSPS) is 14.5. The van der Waals surface area contributed by atoms with Crippen LogP contribution in [0.5, 0.6) is 0 Å². The molecule has 2 N–H and O–H groups in total.